The highest BCUT2D eigenvalue weighted by atomic mass is 32.2. The molecule has 0 unspecified atom stereocenters. The molecule has 1 N–H and O–H groups in total. The third-order valence-electron chi connectivity index (χ3n) is 3.44. The lowest BCUT2D eigenvalue weighted by molar-refractivity contribution is -0.116. The molecule has 1 amide bonds. The second kappa shape index (κ2) is 6.76. The second-order valence-electron chi connectivity index (χ2n) is 5.05. The van der Waals surface area contributed by atoms with Gasteiger partial charge >= 0.3 is 0 Å². The molecule has 1 aliphatic heterocycles. The molecule has 6 heteroatoms. The van der Waals surface area contributed by atoms with Crippen LogP contribution in [0.2, 0.25) is 0 Å². The molecule has 1 aromatic heterocycles. The van der Waals surface area contributed by atoms with E-state index < -0.39 is 0 Å². The first-order valence-corrected chi connectivity index (χ1v) is 8.21. The molecule has 0 saturated heterocycles. The number of rotatable bonds is 5. The van der Waals surface area contributed by atoms with Crippen molar-refractivity contribution in [3.8, 4) is 0 Å². The van der Waals surface area contributed by atoms with Crippen molar-refractivity contribution in [3.63, 3.8) is 0 Å². The van der Waals surface area contributed by atoms with Crippen molar-refractivity contribution in [2.75, 3.05) is 11.1 Å². The van der Waals surface area contributed by atoms with E-state index in [0.717, 1.165) is 36.7 Å². The van der Waals surface area contributed by atoms with Gasteiger partial charge in [0.2, 0.25) is 11.9 Å². The summed E-state index contributed by atoms with van der Waals surface area (Å²) in [4.78, 5) is 12.0. The summed E-state index contributed by atoms with van der Waals surface area (Å²) in [6.45, 7) is 0.884. The van der Waals surface area contributed by atoms with E-state index in [1.165, 1.54) is 5.56 Å². The summed E-state index contributed by atoms with van der Waals surface area (Å²) >= 11 is 1.69. The van der Waals surface area contributed by atoms with Crippen LogP contribution in [0, 0.1) is 0 Å². The number of nitrogens with one attached hydrogen (secondary N) is 1. The van der Waals surface area contributed by atoms with E-state index >= 15 is 0 Å². The van der Waals surface area contributed by atoms with Crippen molar-refractivity contribution in [1.82, 2.24) is 14.8 Å². The minimum atomic E-state index is 0.0108. The molecule has 1 aromatic carbocycles. The van der Waals surface area contributed by atoms with Crippen LogP contribution in [0.1, 0.15) is 24.8 Å². The normalized spacial score (nSPS) is 13.7. The Balaban J connectivity index is 1.49. The van der Waals surface area contributed by atoms with Gasteiger partial charge in [0.05, 0.1) is 0 Å². The maximum Gasteiger partial charge on any atom is 0.231 e. The number of hydrogen-bond donors (Lipinski definition) is 1. The minimum absolute atomic E-state index is 0.0108. The first kappa shape index (κ1) is 14.1. The van der Waals surface area contributed by atoms with Crippen LogP contribution in [0.3, 0.4) is 0 Å². The molecule has 0 atom stereocenters. The number of fused-ring (bicyclic) bond motifs is 1. The zero-order valence-electron chi connectivity index (χ0n) is 11.8. The topological polar surface area (TPSA) is 59.8 Å². The molecule has 0 fully saturated rings. The lowest BCUT2D eigenvalue weighted by Crippen LogP contribution is -2.17. The van der Waals surface area contributed by atoms with Gasteiger partial charge in [0.1, 0.15) is 0 Å². The van der Waals surface area contributed by atoms with Gasteiger partial charge in [-0.15, -0.1) is 10.2 Å². The number of nitrogens with zero attached hydrogens (tertiary/aromatic N) is 3. The SMILES string of the molecule is O=C(CCCc1ccccc1)Nc1nnc2n1CCCS2. The molecule has 0 spiro atoms. The van der Waals surface area contributed by atoms with Crippen LogP contribution in [0.4, 0.5) is 5.95 Å². The van der Waals surface area contributed by atoms with Gasteiger partial charge in [0.25, 0.3) is 0 Å². The maximum absolute atomic E-state index is 12.0. The Morgan fingerprint density at radius 3 is 3.00 bits per heavy atom. The molecule has 3 rings (SSSR count). The fourth-order valence-corrected chi connectivity index (χ4v) is 3.25. The van der Waals surface area contributed by atoms with Gasteiger partial charge in [-0.2, -0.15) is 0 Å². The Morgan fingerprint density at radius 1 is 1.29 bits per heavy atom. The van der Waals surface area contributed by atoms with Crippen molar-refractivity contribution in [3.05, 3.63) is 35.9 Å². The molecular weight excluding hydrogens is 284 g/mol. The van der Waals surface area contributed by atoms with Gasteiger partial charge < -0.3 is 0 Å². The summed E-state index contributed by atoms with van der Waals surface area (Å²) in [7, 11) is 0. The summed E-state index contributed by atoms with van der Waals surface area (Å²) in [6.07, 6.45) is 3.35. The van der Waals surface area contributed by atoms with Crippen molar-refractivity contribution in [2.45, 2.75) is 37.4 Å². The van der Waals surface area contributed by atoms with E-state index in [1.807, 2.05) is 22.8 Å². The van der Waals surface area contributed by atoms with E-state index in [0.29, 0.717) is 12.4 Å². The molecule has 110 valence electrons. The summed E-state index contributed by atoms with van der Waals surface area (Å²) in [5.41, 5.74) is 1.27. The number of carbonyl (C=O) groups is 1. The molecule has 2 aromatic rings. The number of carbonyl (C=O) groups excluding carboxylic acids is 1. The molecule has 0 radical (unpaired) electrons. The van der Waals surface area contributed by atoms with E-state index in [9.17, 15) is 4.79 Å². The number of benzene rings is 1. The first-order valence-electron chi connectivity index (χ1n) is 7.23. The molecule has 0 bridgehead atoms. The van der Waals surface area contributed by atoms with Crippen LogP contribution in [0.25, 0.3) is 0 Å². The Hall–Kier alpha value is -1.82. The van der Waals surface area contributed by atoms with Gasteiger partial charge in [-0.25, -0.2) is 0 Å². The Labute approximate surface area is 128 Å². The smallest absolute Gasteiger partial charge is 0.231 e. The largest absolute Gasteiger partial charge is 0.295 e. The fraction of sp³-hybridized carbons (Fsp3) is 0.400. The van der Waals surface area contributed by atoms with Crippen molar-refractivity contribution < 1.29 is 4.79 Å². The average molecular weight is 302 g/mol. The fourth-order valence-electron chi connectivity index (χ4n) is 2.36. The number of thioether (sulfide) groups is 1. The highest BCUT2D eigenvalue weighted by molar-refractivity contribution is 7.99. The van der Waals surface area contributed by atoms with Crippen LogP contribution < -0.4 is 5.32 Å². The van der Waals surface area contributed by atoms with E-state index in [4.69, 9.17) is 0 Å². The Bertz CT molecular complexity index is 611. The monoisotopic (exact) mass is 302 g/mol. The quantitative estimate of drug-likeness (QED) is 0.922. The van der Waals surface area contributed by atoms with Crippen LogP contribution in [-0.4, -0.2) is 26.4 Å². The molecule has 1 aliphatic rings. The molecule has 0 aliphatic carbocycles. The number of amides is 1. The van der Waals surface area contributed by atoms with Gasteiger partial charge in [-0.3, -0.25) is 14.7 Å². The van der Waals surface area contributed by atoms with E-state index in [1.54, 1.807) is 11.8 Å². The minimum Gasteiger partial charge on any atom is -0.295 e. The zero-order valence-corrected chi connectivity index (χ0v) is 12.6. The highest BCUT2D eigenvalue weighted by Gasteiger charge is 2.17. The van der Waals surface area contributed by atoms with Crippen LogP contribution in [0.5, 0.6) is 0 Å². The van der Waals surface area contributed by atoms with E-state index in [-0.39, 0.29) is 5.91 Å². The number of anilines is 1. The van der Waals surface area contributed by atoms with Gasteiger partial charge in [-0.05, 0) is 24.8 Å². The number of aryl methyl sites for hydroxylation is 1. The molecular formula is C15H18N4OS. The number of hydrogen-bond acceptors (Lipinski definition) is 4. The van der Waals surface area contributed by atoms with Crippen molar-refractivity contribution in [2.24, 2.45) is 0 Å². The predicted octanol–water partition coefficient (Wildman–Crippen LogP) is 2.74. The lowest BCUT2D eigenvalue weighted by atomic mass is 10.1. The lowest BCUT2D eigenvalue weighted by Gasteiger charge is -2.14. The summed E-state index contributed by atoms with van der Waals surface area (Å²) < 4.78 is 1.99. The van der Waals surface area contributed by atoms with Crippen LogP contribution >= 0.6 is 11.8 Å². The summed E-state index contributed by atoms with van der Waals surface area (Å²) in [6, 6.07) is 10.2. The Kier molecular flexibility index (Phi) is 4.55. The summed E-state index contributed by atoms with van der Waals surface area (Å²) in [5, 5.41) is 11.9. The highest BCUT2D eigenvalue weighted by Crippen LogP contribution is 2.25. The van der Waals surface area contributed by atoms with Gasteiger partial charge in [-0.1, -0.05) is 42.1 Å². The molecule has 2 heterocycles. The molecule has 21 heavy (non-hydrogen) atoms. The molecule has 0 saturated carbocycles. The maximum atomic E-state index is 12.0. The predicted molar refractivity (Wildman–Crippen MR) is 83.4 cm³/mol. The van der Waals surface area contributed by atoms with Crippen molar-refractivity contribution >= 4 is 23.6 Å². The Morgan fingerprint density at radius 2 is 2.14 bits per heavy atom. The zero-order chi connectivity index (χ0) is 14.5. The first-order chi connectivity index (χ1) is 10.3. The third-order valence-corrected chi connectivity index (χ3v) is 4.49. The van der Waals surface area contributed by atoms with Gasteiger partial charge in [0.15, 0.2) is 5.16 Å². The summed E-state index contributed by atoms with van der Waals surface area (Å²) in [5.74, 6) is 1.67. The third kappa shape index (κ3) is 3.64. The van der Waals surface area contributed by atoms with E-state index in [2.05, 4.69) is 27.6 Å². The van der Waals surface area contributed by atoms with Crippen LogP contribution in [0.15, 0.2) is 35.5 Å². The van der Waals surface area contributed by atoms with Gasteiger partial charge in [0, 0.05) is 18.7 Å². The molecule has 5 nitrogen and oxygen atoms in total. The number of aromatic nitrogens is 3. The average Bonchev–Trinajstić information content (AvgIpc) is 2.92. The standard InChI is InChI=1S/C15H18N4OS/c20-13(9-4-8-12-6-2-1-3-7-12)16-14-17-18-15-19(14)10-5-11-21-15/h1-3,6-7H,4-5,8-11H2,(H,16,17,20). The second-order valence-corrected chi connectivity index (χ2v) is 6.11. The van der Waals surface area contributed by atoms with Crippen molar-refractivity contribution in [1.29, 1.82) is 0 Å². The van der Waals surface area contributed by atoms with Crippen LogP contribution in [-0.2, 0) is 17.8 Å².